The highest BCUT2D eigenvalue weighted by Gasteiger charge is 2.51. The van der Waals surface area contributed by atoms with E-state index in [0.717, 1.165) is 0 Å². The molecule has 32 heavy (non-hydrogen) atoms. The molecular formula is C17H30O15. The highest BCUT2D eigenvalue weighted by Crippen LogP contribution is 2.30. The molecule has 3 fully saturated rings. The lowest BCUT2D eigenvalue weighted by Crippen LogP contribution is -2.64. The van der Waals surface area contributed by atoms with Gasteiger partial charge < -0.3 is 74.7 Å². The molecule has 14 atom stereocenters. The molecule has 0 aliphatic carbocycles. The molecule has 10 N–H and O–H groups in total. The second-order valence-corrected chi connectivity index (χ2v) is 7.88. The fourth-order valence-electron chi connectivity index (χ4n) is 3.74. The fraction of sp³-hybridized carbons (Fsp3) is 1.00. The predicted octanol–water partition coefficient (Wildman–Crippen LogP) is -6.93. The van der Waals surface area contributed by atoms with Crippen LogP contribution in [-0.4, -0.2) is 157 Å². The van der Waals surface area contributed by atoms with Crippen LogP contribution in [0.4, 0.5) is 0 Å². The molecule has 0 aromatic carbocycles. The molecule has 0 aromatic rings. The lowest BCUT2D eigenvalue weighted by molar-refractivity contribution is -0.371. The Labute approximate surface area is 181 Å². The topological polar surface area (TPSA) is 248 Å². The molecule has 3 aliphatic heterocycles. The number of hydrogen-bond donors (Lipinski definition) is 10. The van der Waals surface area contributed by atoms with E-state index in [2.05, 4.69) is 0 Å². The van der Waals surface area contributed by atoms with E-state index in [4.69, 9.17) is 23.7 Å². The molecule has 15 heteroatoms. The van der Waals surface area contributed by atoms with Gasteiger partial charge in [-0.2, -0.15) is 0 Å². The van der Waals surface area contributed by atoms with Crippen LogP contribution in [-0.2, 0) is 23.7 Å². The van der Waals surface area contributed by atoms with Gasteiger partial charge in [0.2, 0.25) is 0 Å². The van der Waals surface area contributed by atoms with Crippen molar-refractivity contribution < 1.29 is 74.7 Å². The Morgan fingerprint density at radius 1 is 0.594 bits per heavy atom. The predicted molar refractivity (Wildman–Crippen MR) is 95.2 cm³/mol. The van der Waals surface area contributed by atoms with Crippen LogP contribution in [0.1, 0.15) is 0 Å². The molecule has 188 valence electrons. The van der Waals surface area contributed by atoms with Crippen LogP contribution in [0.25, 0.3) is 0 Å². The van der Waals surface area contributed by atoms with Gasteiger partial charge in [0.15, 0.2) is 18.9 Å². The Morgan fingerprint density at radius 2 is 1.06 bits per heavy atom. The smallest absolute Gasteiger partial charge is 0.187 e. The highest BCUT2D eigenvalue weighted by molar-refractivity contribution is 4.94. The summed E-state index contributed by atoms with van der Waals surface area (Å²) < 4.78 is 26.5. The van der Waals surface area contributed by atoms with Gasteiger partial charge in [0.1, 0.15) is 67.1 Å². The molecule has 0 saturated carbocycles. The maximum Gasteiger partial charge on any atom is 0.187 e. The van der Waals surface area contributed by atoms with Gasteiger partial charge >= 0.3 is 0 Å². The van der Waals surface area contributed by atoms with E-state index < -0.39 is 106 Å². The number of aliphatic hydroxyl groups excluding tert-OH is 10. The number of hydrogen-bond acceptors (Lipinski definition) is 15. The third kappa shape index (κ3) is 5.07. The maximum atomic E-state index is 10.3. The van der Waals surface area contributed by atoms with E-state index in [1.807, 2.05) is 0 Å². The Kier molecular flexibility index (Phi) is 8.75. The van der Waals surface area contributed by atoms with Gasteiger partial charge in [-0.25, -0.2) is 0 Å². The van der Waals surface area contributed by atoms with Crippen LogP contribution < -0.4 is 0 Å². The monoisotopic (exact) mass is 474 g/mol. The molecule has 0 bridgehead atoms. The molecule has 3 rings (SSSR count). The summed E-state index contributed by atoms with van der Waals surface area (Å²) in [5.41, 5.74) is 0. The van der Waals surface area contributed by atoms with E-state index >= 15 is 0 Å². The van der Waals surface area contributed by atoms with Crippen molar-refractivity contribution in [2.45, 2.75) is 86.0 Å². The quantitative estimate of drug-likeness (QED) is 0.172. The number of ether oxygens (including phenoxy) is 5. The van der Waals surface area contributed by atoms with Crippen molar-refractivity contribution in [3.8, 4) is 0 Å². The summed E-state index contributed by atoms with van der Waals surface area (Å²) in [6, 6.07) is 0. The van der Waals surface area contributed by atoms with E-state index in [1.54, 1.807) is 0 Å². The van der Waals surface area contributed by atoms with Crippen molar-refractivity contribution in [1.82, 2.24) is 0 Å². The Balaban J connectivity index is 1.75. The molecule has 0 amide bonds. The van der Waals surface area contributed by atoms with E-state index in [-0.39, 0.29) is 0 Å². The first-order valence-corrected chi connectivity index (χ1v) is 10.00. The molecule has 3 aliphatic rings. The molecular weight excluding hydrogens is 444 g/mol. The fourth-order valence-corrected chi connectivity index (χ4v) is 3.74. The van der Waals surface area contributed by atoms with Gasteiger partial charge in [-0.1, -0.05) is 0 Å². The van der Waals surface area contributed by atoms with Crippen molar-refractivity contribution in [3.05, 3.63) is 0 Å². The summed E-state index contributed by atoms with van der Waals surface area (Å²) in [7, 11) is 0. The third-order valence-electron chi connectivity index (χ3n) is 5.72. The first kappa shape index (κ1) is 26.0. The second-order valence-electron chi connectivity index (χ2n) is 7.88. The first-order chi connectivity index (χ1) is 15.1. The van der Waals surface area contributed by atoms with Crippen molar-refractivity contribution >= 4 is 0 Å². The van der Waals surface area contributed by atoms with Crippen LogP contribution in [0, 0.1) is 0 Å². The minimum atomic E-state index is -1.81. The molecule has 0 aromatic heterocycles. The van der Waals surface area contributed by atoms with Crippen molar-refractivity contribution in [2.24, 2.45) is 0 Å². The van der Waals surface area contributed by atoms with Gasteiger partial charge in [0.05, 0.1) is 19.8 Å². The van der Waals surface area contributed by atoms with Crippen molar-refractivity contribution in [2.75, 3.05) is 19.8 Å². The highest BCUT2D eigenvalue weighted by atomic mass is 16.8. The summed E-state index contributed by atoms with van der Waals surface area (Å²) >= 11 is 0. The SMILES string of the molecule is OC[C@H]1O[C@@H](O[C@@H]2[C@@H](O)[C@H](O)OC[C@@H]2O[C@@H]2O[C@H](CO)[C@@H](O)[C@H](O)[C@H]2O)[C@H](O)[C@@H](O)[C@@H]1O. The minimum Gasteiger partial charge on any atom is -0.394 e. The Morgan fingerprint density at radius 3 is 1.53 bits per heavy atom. The largest absolute Gasteiger partial charge is 0.394 e. The molecule has 0 radical (unpaired) electrons. The van der Waals surface area contributed by atoms with E-state index in [9.17, 15) is 51.1 Å². The zero-order chi connectivity index (χ0) is 23.7. The summed E-state index contributed by atoms with van der Waals surface area (Å²) in [6.07, 6.45) is -22.6. The molecule has 3 saturated heterocycles. The van der Waals surface area contributed by atoms with Gasteiger partial charge in [-0.3, -0.25) is 0 Å². The Hall–Kier alpha value is -0.600. The van der Waals surface area contributed by atoms with Gasteiger partial charge in [0, 0.05) is 0 Å². The minimum absolute atomic E-state index is 0.435. The molecule has 0 unspecified atom stereocenters. The van der Waals surface area contributed by atoms with Gasteiger partial charge in [-0.05, 0) is 0 Å². The van der Waals surface area contributed by atoms with Crippen LogP contribution in [0.15, 0.2) is 0 Å². The van der Waals surface area contributed by atoms with Crippen LogP contribution in [0.3, 0.4) is 0 Å². The molecule has 15 nitrogen and oxygen atoms in total. The van der Waals surface area contributed by atoms with Crippen LogP contribution >= 0.6 is 0 Å². The van der Waals surface area contributed by atoms with Crippen LogP contribution in [0.5, 0.6) is 0 Å². The van der Waals surface area contributed by atoms with Gasteiger partial charge in [0.25, 0.3) is 0 Å². The maximum absolute atomic E-state index is 10.3. The van der Waals surface area contributed by atoms with Crippen molar-refractivity contribution in [3.63, 3.8) is 0 Å². The average molecular weight is 474 g/mol. The van der Waals surface area contributed by atoms with Crippen LogP contribution in [0.2, 0.25) is 0 Å². The lowest BCUT2D eigenvalue weighted by atomic mass is 9.98. The summed E-state index contributed by atoms with van der Waals surface area (Å²) in [6.45, 7) is -1.87. The molecule has 0 spiro atoms. The summed E-state index contributed by atoms with van der Waals surface area (Å²) in [4.78, 5) is 0. The first-order valence-electron chi connectivity index (χ1n) is 10.00. The third-order valence-corrected chi connectivity index (χ3v) is 5.72. The Bertz CT molecular complexity index is 592. The second kappa shape index (κ2) is 10.8. The number of rotatable bonds is 6. The normalized spacial score (nSPS) is 52.7. The van der Waals surface area contributed by atoms with Crippen molar-refractivity contribution in [1.29, 1.82) is 0 Å². The van der Waals surface area contributed by atoms with E-state index in [1.165, 1.54) is 0 Å². The molecule has 3 heterocycles. The zero-order valence-electron chi connectivity index (χ0n) is 16.7. The van der Waals surface area contributed by atoms with Gasteiger partial charge in [-0.15, -0.1) is 0 Å². The summed E-state index contributed by atoms with van der Waals surface area (Å²) in [5, 5.41) is 98.7. The average Bonchev–Trinajstić information content (AvgIpc) is 2.78. The summed E-state index contributed by atoms with van der Waals surface area (Å²) in [5.74, 6) is 0. The van der Waals surface area contributed by atoms with E-state index in [0.29, 0.717) is 0 Å². The zero-order valence-corrected chi connectivity index (χ0v) is 16.7. The standard InChI is InChI=1S/C17H30O15/c18-1-4-7(20)9(22)11(24)16(29-4)31-6-3-28-15(27)13(26)14(6)32-17-12(25)10(23)8(21)5(2-19)30-17/h4-27H,1-3H2/t4-,5-,6+,7-,8-,9+,10+,11-,12-,13-,14+,15-,16+,17+/m1/s1. The lowest BCUT2D eigenvalue weighted by Gasteiger charge is -2.46. The number of aliphatic hydroxyl groups is 10.